The molecular weight excluding hydrogens is 186 g/mol. The third-order valence-electron chi connectivity index (χ3n) is 3.08. The van der Waals surface area contributed by atoms with Crippen LogP contribution >= 0.6 is 0 Å². The molecule has 78 valence electrons. The van der Waals surface area contributed by atoms with Gasteiger partial charge in [0.15, 0.2) is 5.43 Å². The molecule has 0 fully saturated rings. The minimum atomic E-state index is 0.184. The molecule has 0 unspecified atom stereocenters. The fraction of sp³-hybridized carbons (Fsp3) is 0.308. The summed E-state index contributed by atoms with van der Waals surface area (Å²) in [5.41, 5.74) is 3.19. The van der Waals surface area contributed by atoms with E-state index in [1.54, 1.807) is 0 Å². The summed E-state index contributed by atoms with van der Waals surface area (Å²) < 4.78 is 2.09. The fourth-order valence-corrected chi connectivity index (χ4v) is 2.08. The van der Waals surface area contributed by atoms with Crippen molar-refractivity contribution in [1.29, 1.82) is 0 Å². The van der Waals surface area contributed by atoms with E-state index in [1.807, 2.05) is 45.2 Å². The van der Waals surface area contributed by atoms with Gasteiger partial charge in [0.25, 0.3) is 0 Å². The van der Waals surface area contributed by atoms with E-state index in [9.17, 15) is 4.79 Å². The average Bonchev–Trinajstić information content (AvgIpc) is 2.27. The SMILES string of the molecule is CCc1c(C)n(C)c2ccccc2c1=O. The van der Waals surface area contributed by atoms with E-state index in [2.05, 4.69) is 4.57 Å². The van der Waals surface area contributed by atoms with Gasteiger partial charge in [-0.2, -0.15) is 0 Å². The van der Waals surface area contributed by atoms with Crippen molar-refractivity contribution in [3.63, 3.8) is 0 Å². The first-order chi connectivity index (χ1) is 7.16. The molecule has 2 nitrogen and oxygen atoms in total. The molecule has 0 saturated heterocycles. The Labute approximate surface area is 89.2 Å². The van der Waals surface area contributed by atoms with Gasteiger partial charge >= 0.3 is 0 Å². The van der Waals surface area contributed by atoms with Crippen LogP contribution in [0.1, 0.15) is 18.2 Å². The minimum absolute atomic E-state index is 0.184. The molecule has 0 N–H and O–H groups in total. The van der Waals surface area contributed by atoms with Crippen molar-refractivity contribution in [2.24, 2.45) is 7.05 Å². The van der Waals surface area contributed by atoms with Crippen LogP contribution in [0, 0.1) is 6.92 Å². The van der Waals surface area contributed by atoms with E-state index in [1.165, 1.54) is 0 Å². The Bertz CT molecular complexity index is 566. The van der Waals surface area contributed by atoms with Crippen molar-refractivity contribution in [1.82, 2.24) is 4.57 Å². The molecule has 0 aliphatic heterocycles. The average molecular weight is 201 g/mol. The Morgan fingerprint density at radius 3 is 2.60 bits per heavy atom. The maximum absolute atomic E-state index is 12.1. The topological polar surface area (TPSA) is 22.0 Å². The Morgan fingerprint density at radius 1 is 1.27 bits per heavy atom. The van der Waals surface area contributed by atoms with Crippen LogP contribution in [0.5, 0.6) is 0 Å². The summed E-state index contributed by atoms with van der Waals surface area (Å²) >= 11 is 0. The number of rotatable bonds is 1. The first-order valence-electron chi connectivity index (χ1n) is 5.24. The lowest BCUT2D eigenvalue weighted by Crippen LogP contribution is -2.16. The smallest absolute Gasteiger partial charge is 0.192 e. The van der Waals surface area contributed by atoms with Gasteiger partial charge in [0, 0.05) is 23.7 Å². The highest BCUT2D eigenvalue weighted by Gasteiger charge is 2.09. The second-order valence-corrected chi connectivity index (χ2v) is 3.82. The maximum Gasteiger partial charge on any atom is 0.192 e. The zero-order chi connectivity index (χ0) is 11.0. The summed E-state index contributed by atoms with van der Waals surface area (Å²) in [7, 11) is 2.01. The van der Waals surface area contributed by atoms with Crippen LogP contribution in [0.2, 0.25) is 0 Å². The quantitative estimate of drug-likeness (QED) is 0.694. The molecule has 2 aromatic rings. The largest absolute Gasteiger partial charge is 0.347 e. The normalized spacial score (nSPS) is 10.9. The maximum atomic E-state index is 12.1. The van der Waals surface area contributed by atoms with Crippen molar-refractivity contribution in [2.75, 3.05) is 0 Å². The van der Waals surface area contributed by atoms with E-state index < -0.39 is 0 Å². The lowest BCUT2D eigenvalue weighted by atomic mass is 10.1. The number of nitrogens with zero attached hydrogens (tertiary/aromatic N) is 1. The highest BCUT2D eigenvalue weighted by atomic mass is 16.1. The van der Waals surface area contributed by atoms with E-state index in [0.29, 0.717) is 0 Å². The van der Waals surface area contributed by atoms with Crippen molar-refractivity contribution in [2.45, 2.75) is 20.3 Å². The van der Waals surface area contributed by atoms with Crippen LogP contribution in [0.4, 0.5) is 0 Å². The first-order valence-corrected chi connectivity index (χ1v) is 5.24. The third-order valence-corrected chi connectivity index (χ3v) is 3.08. The van der Waals surface area contributed by atoms with Crippen molar-refractivity contribution >= 4 is 10.9 Å². The number of pyridine rings is 1. The van der Waals surface area contributed by atoms with Gasteiger partial charge in [0.05, 0.1) is 5.52 Å². The zero-order valence-electron chi connectivity index (χ0n) is 9.37. The van der Waals surface area contributed by atoms with Crippen LogP contribution in [0.3, 0.4) is 0 Å². The molecule has 2 rings (SSSR count). The highest BCUT2D eigenvalue weighted by molar-refractivity contribution is 5.80. The van der Waals surface area contributed by atoms with Gasteiger partial charge in [0.2, 0.25) is 0 Å². The lowest BCUT2D eigenvalue weighted by molar-refractivity contribution is 0.866. The van der Waals surface area contributed by atoms with Gasteiger partial charge in [-0.3, -0.25) is 4.79 Å². The molecule has 0 radical (unpaired) electrons. The van der Waals surface area contributed by atoms with Crippen LogP contribution < -0.4 is 5.43 Å². The van der Waals surface area contributed by atoms with Gasteiger partial charge in [0.1, 0.15) is 0 Å². The summed E-state index contributed by atoms with van der Waals surface area (Å²) in [5.74, 6) is 0. The molecule has 1 aromatic carbocycles. The van der Waals surface area contributed by atoms with Gasteiger partial charge < -0.3 is 4.57 Å². The van der Waals surface area contributed by atoms with Gasteiger partial charge in [-0.15, -0.1) is 0 Å². The van der Waals surface area contributed by atoms with Gasteiger partial charge in [-0.25, -0.2) is 0 Å². The number of aromatic nitrogens is 1. The van der Waals surface area contributed by atoms with Crippen molar-refractivity contribution in [3.8, 4) is 0 Å². The Morgan fingerprint density at radius 2 is 1.93 bits per heavy atom. The molecule has 15 heavy (non-hydrogen) atoms. The van der Waals surface area contributed by atoms with Crippen molar-refractivity contribution < 1.29 is 0 Å². The molecule has 0 atom stereocenters. The highest BCUT2D eigenvalue weighted by Crippen LogP contribution is 2.14. The third kappa shape index (κ3) is 1.37. The number of para-hydroxylation sites is 1. The summed E-state index contributed by atoms with van der Waals surface area (Å²) in [6.07, 6.45) is 0.795. The standard InChI is InChI=1S/C13H15NO/c1-4-10-9(2)14(3)12-8-6-5-7-11(12)13(10)15/h5-8H,4H2,1-3H3. The van der Waals surface area contributed by atoms with Crippen LogP contribution in [-0.4, -0.2) is 4.57 Å². The summed E-state index contributed by atoms with van der Waals surface area (Å²) in [5, 5.41) is 0.822. The molecule has 0 bridgehead atoms. The first kappa shape index (κ1) is 9.97. The number of benzene rings is 1. The summed E-state index contributed by atoms with van der Waals surface area (Å²) in [6.45, 7) is 4.03. The fourth-order valence-electron chi connectivity index (χ4n) is 2.08. The van der Waals surface area contributed by atoms with Crippen LogP contribution in [-0.2, 0) is 13.5 Å². The van der Waals surface area contributed by atoms with Crippen molar-refractivity contribution in [3.05, 3.63) is 45.7 Å². The van der Waals surface area contributed by atoms with Crippen LogP contribution in [0.25, 0.3) is 10.9 Å². The summed E-state index contributed by atoms with van der Waals surface area (Å²) in [4.78, 5) is 12.1. The molecule has 1 aromatic heterocycles. The molecule has 0 amide bonds. The van der Waals surface area contributed by atoms with Crippen LogP contribution in [0.15, 0.2) is 29.1 Å². The number of hydrogen-bond donors (Lipinski definition) is 0. The van der Waals surface area contributed by atoms with E-state index in [4.69, 9.17) is 0 Å². The zero-order valence-corrected chi connectivity index (χ0v) is 9.37. The Balaban J connectivity index is 3.03. The molecular formula is C13H15NO. The predicted octanol–water partition coefficient (Wildman–Crippen LogP) is 2.41. The second kappa shape index (κ2) is 3.54. The van der Waals surface area contributed by atoms with Gasteiger partial charge in [-0.1, -0.05) is 19.1 Å². The number of aryl methyl sites for hydroxylation is 1. The minimum Gasteiger partial charge on any atom is -0.347 e. The monoisotopic (exact) mass is 201 g/mol. The molecule has 0 aliphatic rings. The van der Waals surface area contributed by atoms with E-state index in [-0.39, 0.29) is 5.43 Å². The Hall–Kier alpha value is -1.57. The van der Waals surface area contributed by atoms with E-state index >= 15 is 0 Å². The van der Waals surface area contributed by atoms with E-state index in [0.717, 1.165) is 28.6 Å². The second-order valence-electron chi connectivity index (χ2n) is 3.82. The van der Waals surface area contributed by atoms with Gasteiger partial charge in [-0.05, 0) is 25.5 Å². The molecule has 0 aliphatic carbocycles. The molecule has 2 heteroatoms. The number of fused-ring (bicyclic) bond motifs is 1. The predicted molar refractivity (Wildman–Crippen MR) is 63.3 cm³/mol. The molecule has 0 saturated carbocycles. The molecule has 1 heterocycles. The lowest BCUT2D eigenvalue weighted by Gasteiger charge is -2.12. The number of hydrogen-bond acceptors (Lipinski definition) is 1. The molecule has 0 spiro atoms. The summed E-state index contributed by atoms with van der Waals surface area (Å²) in [6, 6.07) is 7.77. The Kier molecular flexibility index (Phi) is 2.35.